The summed E-state index contributed by atoms with van der Waals surface area (Å²) >= 11 is 3.48. The summed E-state index contributed by atoms with van der Waals surface area (Å²) in [4.78, 5) is 22.0. The molecule has 7 nitrogen and oxygen atoms in total. The van der Waals surface area contributed by atoms with Gasteiger partial charge in [0, 0.05) is 41.9 Å². The summed E-state index contributed by atoms with van der Waals surface area (Å²) in [5, 5.41) is 7.29. The van der Waals surface area contributed by atoms with Crippen molar-refractivity contribution in [3.8, 4) is 11.4 Å². The minimum Gasteiger partial charge on any atom is -0.371 e. The van der Waals surface area contributed by atoms with Gasteiger partial charge in [-0.15, -0.1) is 0 Å². The van der Waals surface area contributed by atoms with E-state index in [4.69, 9.17) is 4.52 Å². The zero-order valence-corrected chi connectivity index (χ0v) is 20.8. The number of para-hydroxylation sites is 1. The molecule has 178 valence electrons. The van der Waals surface area contributed by atoms with Crippen LogP contribution >= 0.6 is 15.9 Å². The second-order valence-electron chi connectivity index (χ2n) is 9.11. The van der Waals surface area contributed by atoms with Gasteiger partial charge in [0.2, 0.25) is 17.6 Å². The Morgan fingerprint density at radius 1 is 1.18 bits per heavy atom. The molecule has 1 fully saturated rings. The van der Waals surface area contributed by atoms with E-state index in [1.54, 1.807) is 0 Å². The number of amides is 1. The normalized spacial score (nSPS) is 18.1. The first kappa shape index (κ1) is 23.1. The summed E-state index contributed by atoms with van der Waals surface area (Å²) in [7, 11) is 0. The molecule has 2 aliphatic rings. The molecular weight excluding hydrogens is 494 g/mol. The van der Waals surface area contributed by atoms with E-state index in [0.717, 1.165) is 61.9 Å². The van der Waals surface area contributed by atoms with Crippen LogP contribution in [0, 0.1) is 5.92 Å². The fraction of sp³-hybridized carbons (Fsp3) is 0.423. The van der Waals surface area contributed by atoms with Crippen molar-refractivity contribution in [1.82, 2.24) is 20.4 Å². The average Bonchev–Trinajstić information content (AvgIpc) is 3.49. The summed E-state index contributed by atoms with van der Waals surface area (Å²) < 4.78 is 6.47. The highest BCUT2D eigenvalue weighted by Gasteiger charge is 2.27. The van der Waals surface area contributed by atoms with Crippen LogP contribution in [0.3, 0.4) is 0 Å². The Labute approximate surface area is 208 Å². The lowest BCUT2D eigenvalue weighted by atomic mass is 9.97. The topological polar surface area (TPSA) is 74.5 Å². The number of likely N-dealkylation sites (tertiary alicyclic amines) is 1. The van der Waals surface area contributed by atoms with Crippen molar-refractivity contribution in [2.24, 2.45) is 5.92 Å². The second-order valence-corrected chi connectivity index (χ2v) is 10.0. The fourth-order valence-corrected chi connectivity index (χ4v) is 5.33. The second kappa shape index (κ2) is 10.7. The lowest BCUT2D eigenvalue weighted by Gasteiger charge is -2.31. The van der Waals surface area contributed by atoms with Crippen molar-refractivity contribution in [3.05, 3.63) is 64.5 Å². The van der Waals surface area contributed by atoms with Crippen LogP contribution in [0.5, 0.6) is 0 Å². The largest absolute Gasteiger partial charge is 0.371 e. The summed E-state index contributed by atoms with van der Waals surface area (Å²) in [6.45, 7) is 4.99. The molecule has 8 heteroatoms. The maximum absolute atomic E-state index is 12.8. The van der Waals surface area contributed by atoms with Gasteiger partial charge in [0.1, 0.15) is 0 Å². The number of hydrogen-bond donors (Lipinski definition) is 1. The number of aromatic nitrogens is 2. The molecule has 34 heavy (non-hydrogen) atoms. The van der Waals surface area contributed by atoms with Gasteiger partial charge in [-0.05, 0) is 56.0 Å². The molecule has 3 aromatic rings. The molecule has 2 aromatic carbocycles. The lowest BCUT2D eigenvalue weighted by molar-refractivity contribution is -0.126. The number of rotatable bonds is 8. The van der Waals surface area contributed by atoms with Gasteiger partial charge in [-0.1, -0.05) is 51.4 Å². The van der Waals surface area contributed by atoms with Gasteiger partial charge in [0.05, 0.1) is 12.5 Å². The van der Waals surface area contributed by atoms with Gasteiger partial charge in [0.15, 0.2) is 0 Å². The van der Waals surface area contributed by atoms with Crippen LogP contribution in [0.1, 0.15) is 30.7 Å². The van der Waals surface area contributed by atoms with E-state index in [9.17, 15) is 4.79 Å². The smallest absolute Gasteiger partial charge is 0.241 e. The molecule has 3 heterocycles. The molecule has 1 amide bonds. The molecule has 0 aliphatic carbocycles. The Morgan fingerprint density at radius 3 is 3.00 bits per heavy atom. The van der Waals surface area contributed by atoms with Gasteiger partial charge < -0.3 is 14.7 Å². The van der Waals surface area contributed by atoms with Crippen LogP contribution in [0.25, 0.3) is 11.4 Å². The van der Waals surface area contributed by atoms with E-state index in [-0.39, 0.29) is 11.8 Å². The molecule has 1 saturated heterocycles. The number of nitrogens with zero attached hydrogens (tertiary/aromatic N) is 4. The van der Waals surface area contributed by atoms with Gasteiger partial charge in [-0.3, -0.25) is 9.69 Å². The van der Waals surface area contributed by atoms with E-state index in [1.807, 2.05) is 24.3 Å². The first-order valence-corrected chi connectivity index (χ1v) is 12.9. The Hall–Kier alpha value is -2.71. The standard InChI is InChI=1S/C26H30BrN5O2/c27-22-9-3-7-20(16-22)25-29-24(34-30-25)18-31-13-4-8-21(17-31)26(33)28-12-5-14-32-15-11-19-6-1-2-10-23(19)32/h1-3,6-7,9-10,16,21H,4-5,8,11-15,17-18H2,(H,28,33). The number of piperidine rings is 1. The number of carbonyl (C=O) groups is 1. The molecule has 1 atom stereocenters. The van der Waals surface area contributed by atoms with Gasteiger partial charge in [-0.2, -0.15) is 4.98 Å². The molecule has 2 aliphatic heterocycles. The number of anilines is 1. The third kappa shape index (κ3) is 5.50. The average molecular weight is 524 g/mol. The third-order valence-corrected chi connectivity index (χ3v) is 7.17. The number of hydrogen-bond acceptors (Lipinski definition) is 6. The highest BCUT2D eigenvalue weighted by atomic mass is 79.9. The zero-order chi connectivity index (χ0) is 23.3. The summed E-state index contributed by atoms with van der Waals surface area (Å²) in [5.74, 6) is 1.34. The van der Waals surface area contributed by atoms with Crippen LogP contribution in [-0.4, -0.2) is 53.7 Å². The first-order chi connectivity index (χ1) is 16.7. The summed E-state index contributed by atoms with van der Waals surface area (Å²) in [5.41, 5.74) is 3.69. The number of carbonyl (C=O) groups excluding carboxylic acids is 1. The van der Waals surface area contributed by atoms with Crippen molar-refractivity contribution in [3.63, 3.8) is 0 Å². The SMILES string of the molecule is O=C(NCCCN1CCc2ccccc21)C1CCCN(Cc2nc(-c3cccc(Br)c3)no2)C1. The van der Waals surface area contributed by atoms with Gasteiger partial charge in [0.25, 0.3) is 0 Å². The van der Waals surface area contributed by atoms with E-state index in [1.165, 1.54) is 11.3 Å². The Morgan fingerprint density at radius 2 is 2.09 bits per heavy atom. The minimum absolute atomic E-state index is 0.00809. The number of benzene rings is 2. The maximum atomic E-state index is 12.8. The highest BCUT2D eigenvalue weighted by Crippen LogP contribution is 2.27. The number of fused-ring (bicyclic) bond motifs is 1. The molecule has 0 saturated carbocycles. The molecule has 0 bridgehead atoms. The predicted molar refractivity (Wildman–Crippen MR) is 135 cm³/mol. The van der Waals surface area contributed by atoms with E-state index >= 15 is 0 Å². The van der Waals surface area contributed by atoms with Gasteiger partial charge >= 0.3 is 0 Å². The number of halogens is 1. The fourth-order valence-electron chi connectivity index (χ4n) is 4.93. The van der Waals surface area contributed by atoms with Crippen LogP contribution in [0.4, 0.5) is 5.69 Å². The van der Waals surface area contributed by atoms with Crippen LogP contribution in [0.2, 0.25) is 0 Å². The molecule has 5 rings (SSSR count). The maximum Gasteiger partial charge on any atom is 0.241 e. The number of nitrogens with one attached hydrogen (secondary N) is 1. The quantitative estimate of drug-likeness (QED) is 0.444. The summed E-state index contributed by atoms with van der Waals surface area (Å²) in [6, 6.07) is 16.5. The molecule has 0 spiro atoms. The van der Waals surface area contributed by atoms with Crippen LogP contribution < -0.4 is 10.2 Å². The Bertz CT molecular complexity index is 1130. The predicted octanol–water partition coefficient (Wildman–Crippen LogP) is 4.28. The molecule has 1 unspecified atom stereocenters. The van der Waals surface area contributed by atoms with Crippen LogP contribution in [-0.2, 0) is 17.8 Å². The molecule has 0 radical (unpaired) electrons. The third-order valence-electron chi connectivity index (χ3n) is 6.67. The van der Waals surface area contributed by atoms with E-state index in [0.29, 0.717) is 24.8 Å². The Kier molecular flexibility index (Phi) is 7.25. The first-order valence-electron chi connectivity index (χ1n) is 12.1. The van der Waals surface area contributed by atoms with Crippen molar-refractivity contribution in [2.75, 3.05) is 37.6 Å². The van der Waals surface area contributed by atoms with Crippen molar-refractivity contribution >= 4 is 27.5 Å². The molecule has 1 aromatic heterocycles. The highest BCUT2D eigenvalue weighted by molar-refractivity contribution is 9.10. The lowest BCUT2D eigenvalue weighted by Crippen LogP contribution is -2.43. The van der Waals surface area contributed by atoms with Crippen LogP contribution in [0.15, 0.2) is 57.5 Å². The van der Waals surface area contributed by atoms with Crippen molar-refractivity contribution in [1.29, 1.82) is 0 Å². The van der Waals surface area contributed by atoms with Gasteiger partial charge in [-0.25, -0.2) is 0 Å². The molecule has 1 N–H and O–H groups in total. The van der Waals surface area contributed by atoms with E-state index in [2.05, 4.69) is 65.5 Å². The minimum atomic E-state index is 0.00809. The monoisotopic (exact) mass is 523 g/mol. The van der Waals surface area contributed by atoms with Crippen molar-refractivity contribution < 1.29 is 9.32 Å². The Balaban J connectivity index is 1.07. The van der Waals surface area contributed by atoms with Crippen molar-refractivity contribution in [2.45, 2.75) is 32.2 Å². The summed E-state index contributed by atoms with van der Waals surface area (Å²) in [6.07, 6.45) is 3.99. The molecular formula is C26H30BrN5O2. The van der Waals surface area contributed by atoms with E-state index < -0.39 is 0 Å². The zero-order valence-electron chi connectivity index (χ0n) is 19.3.